The van der Waals surface area contributed by atoms with Crippen LogP contribution in [0.15, 0.2) is 29.3 Å². The number of carbonyl (C=O) groups is 1. The number of hydrogen-bond donors (Lipinski definition) is 3. The summed E-state index contributed by atoms with van der Waals surface area (Å²) in [4.78, 5) is 18.1. The van der Waals surface area contributed by atoms with Crippen LogP contribution in [0.2, 0.25) is 0 Å². The van der Waals surface area contributed by atoms with Gasteiger partial charge in [-0.25, -0.2) is 9.57 Å². The molecule has 228 valence electrons. The molecule has 12 nitrogen and oxygen atoms in total. The second-order valence-electron chi connectivity index (χ2n) is 11.9. The summed E-state index contributed by atoms with van der Waals surface area (Å²) < 4.78 is 73.6. The van der Waals surface area contributed by atoms with Crippen molar-refractivity contribution in [2.45, 2.75) is 63.8 Å². The van der Waals surface area contributed by atoms with E-state index < -0.39 is 43.4 Å². The number of benzene rings is 2. The highest BCUT2D eigenvalue weighted by atomic mass is 32.2. The van der Waals surface area contributed by atoms with Crippen LogP contribution < -0.4 is 24.9 Å². The third-order valence-electron chi connectivity index (χ3n) is 8.17. The highest BCUT2D eigenvalue weighted by Gasteiger charge is 2.42. The largest absolute Gasteiger partial charge is 0.481 e. The molecule has 1 unspecified atom stereocenters. The smallest absolute Gasteiger partial charge is 0.303 e. The molecule has 0 spiro atoms. The Kier molecular flexibility index (Phi) is 8.11. The molecule has 3 aliphatic rings. The highest BCUT2D eigenvalue weighted by molar-refractivity contribution is 7.86. The molecule has 0 saturated heterocycles. The lowest BCUT2D eigenvalue weighted by atomic mass is 9.82. The fraction of sp³-hybridized carbons (Fsp3) is 0.536. The van der Waals surface area contributed by atoms with Crippen LogP contribution in [0, 0.1) is 0 Å². The quantitative estimate of drug-likeness (QED) is 0.225. The molecular weight excluding hydrogens is 586 g/mol. The number of fused-ring (bicyclic) bond motifs is 4. The maximum Gasteiger partial charge on any atom is 0.303 e. The van der Waals surface area contributed by atoms with E-state index in [2.05, 4.69) is 9.48 Å². The summed E-state index contributed by atoms with van der Waals surface area (Å²) >= 11 is 0. The average molecular weight is 623 g/mol. The van der Waals surface area contributed by atoms with Crippen LogP contribution in [0.4, 0.5) is 11.4 Å². The summed E-state index contributed by atoms with van der Waals surface area (Å²) in [5.41, 5.74) is 2.79. The van der Waals surface area contributed by atoms with Crippen molar-refractivity contribution in [1.82, 2.24) is 4.58 Å². The van der Waals surface area contributed by atoms with Crippen molar-refractivity contribution in [3.63, 3.8) is 0 Å². The van der Waals surface area contributed by atoms with Crippen LogP contribution in [-0.2, 0) is 31.5 Å². The molecule has 0 amide bonds. The first-order chi connectivity index (χ1) is 19.6. The molecule has 0 radical (unpaired) electrons. The SMILES string of the molecule is CC1(C)CC(CS(=O)(=O)O)c2cc3c(cc2=[N+]1CCCC(=O)O)Oc1cc2c(cc1N=3)CCCN2CCCS(=O)(=O)O. The van der Waals surface area contributed by atoms with Crippen molar-refractivity contribution < 1.29 is 40.6 Å². The summed E-state index contributed by atoms with van der Waals surface area (Å²) in [7, 11) is -8.31. The second-order valence-corrected chi connectivity index (χ2v) is 15.0. The van der Waals surface area contributed by atoms with Crippen molar-refractivity contribution in [2.75, 3.05) is 36.0 Å². The standard InChI is InChI=1S/C28H35N3O9S2/c1-28(2)16-19(17-42(37,38)39)20-13-22-26(15-24(20)31(28)10-4-7-27(32)33)40-25-14-23-18(12-21(25)29-22)6-3-8-30(23)9-5-11-41(34,35)36/h12-15,19H,3-11,16-17H2,1-2H3,(H2-,32,33,34,35,36,37,38,39)/p+1. The minimum absolute atomic E-state index is 0.00758. The lowest BCUT2D eigenvalue weighted by Crippen LogP contribution is -2.54. The zero-order chi connectivity index (χ0) is 30.4. The van der Waals surface area contributed by atoms with Crippen LogP contribution in [0.5, 0.6) is 11.5 Å². The van der Waals surface area contributed by atoms with Gasteiger partial charge in [-0.15, -0.1) is 0 Å². The van der Waals surface area contributed by atoms with Crippen LogP contribution in [0.25, 0.3) is 0 Å². The van der Waals surface area contributed by atoms with Gasteiger partial charge in [0.2, 0.25) is 5.36 Å². The van der Waals surface area contributed by atoms with Gasteiger partial charge in [-0.1, -0.05) is 0 Å². The molecule has 5 rings (SSSR count). The third kappa shape index (κ3) is 6.77. The van der Waals surface area contributed by atoms with Gasteiger partial charge in [0.25, 0.3) is 20.2 Å². The average Bonchev–Trinajstić information content (AvgIpc) is 2.85. The summed E-state index contributed by atoms with van der Waals surface area (Å²) in [6.07, 6.45) is 2.81. The maximum atomic E-state index is 12.0. The summed E-state index contributed by atoms with van der Waals surface area (Å²) in [6, 6.07) is 7.49. The molecule has 3 N–H and O–H groups in total. The molecule has 3 aliphatic heterocycles. The Bertz CT molecular complexity index is 1770. The molecule has 3 heterocycles. The van der Waals surface area contributed by atoms with Gasteiger partial charge in [-0.2, -0.15) is 16.8 Å². The predicted octanol–water partition coefficient (Wildman–Crippen LogP) is 2.28. The Labute approximate surface area is 244 Å². The molecular formula is C28H36N3O9S2+. The van der Waals surface area contributed by atoms with E-state index in [1.165, 1.54) is 0 Å². The Morgan fingerprint density at radius 3 is 2.55 bits per heavy atom. The molecule has 0 fully saturated rings. The molecule has 2 aromatic carbocycles. The number of anilines is 1. The fourth-order valence-electron chi connectivity index (χ4n) is 6.43. The molecule has 2 aromatic rings. The monoisotopic (exact) mass is 622 g/mol. The second kappa shape index (κ2) is 11.2. The van der Waals surface area contributed by atoms with Crippen LogP contribution in [0.3, 0.4) is 0 Å². The normalized spacial score (nSPS) is 19.1. The van der Waals surface area contributed by atoms with Gasteiger partial charge in [0, 0.05) is 49.2 Å². The minimum atomic E-state index is -4.27. The number of aryl methyl sites for hydroxylation is 1. The Hall–Kier alpha value is -3.07. The van der Waals surface area contributed by atoms with Gasteiger partial charge in [0.1, 0.15) is 17.6 Å². The van der Waals surface area contributed by atoms with Gasteiger partial charge in [-0.05, 0) is 50.8 Å². The van der Waals surface area contributed by atoms with Gasteiger partial charge in [0.15, 0.2) is 17.0 Å². The van der Waals surface area contributed by atoms with E-state index in [1.807, 2.05) is 38.1 Å². The summed E-state index contributed by atoms with van der Waals surface area (Å²) in [5.74, 6) is -1.14. The van der Waals surface area contributed by atoms with Crippen LogP contribution >= 0.6 is 0 Å². The van der Waals surface area contributed by atoms with Crippen molar-refractivity contribution >= 4 is 37.6 Å². The van der Waals surface area contributed by atoms with Crippen molar-refractivity contribution in [3.8, 4) is 11.5 Å². The van der Waals surface area contributed by atoms with Crippen molar-refractivity contribution in [1.29, 1.82) is 0 Å². The topological polar surface area (TPSA) is 174 Å². The molecule has 0 saturated carbocycles. The molecule has 0 bridgehead atoms. The molecule has 0 aliphatic carbocycles. The predicted molar refractivity (Wildman–Crippen MR) is 156 cm³/mol. The molecule has 42 heavy (non-hydrogen) atoms. The number of aliphatic carboxylic acids is 1. The van der Waals surface area contributed by atoms with E-state index >= 15 is 0 Å². The Balaban J connectivity index is 1.58. The summed E-state index contributed by atoms with van der Waals surface area (Å²) in [6.45, 7) is 5.58. The van der Waals surface area contributed by atoms with Gasteiger partial charge >= 0.3 is 5.97 Å². The van der Waals surface area contributed by atoms with Gasteiger partial charge < -0.3 is 14.7 Å². The van der Waals surface area contributed by atoms with E-state index in [0.29, 0.717) is 59.4 Å². The maximum absolute atomic E-state index is 12.0. The molecule has 14 heteroatoms. The number of hydrogen-bond acceptors (Lipinski definition) is 8. The van der Waals surface area contributed by atoms with Crippen molar-refractivity contribution in [2.24, 2.45) is 4.99 Å². The zero-order valence-corrected chi connectivity index (χ0v) is 25.2. The lowest BCUT2D eigenvalue weighted by molar-refractivity contribution is -0.137. The highest BCUT2D eigenvalue weighted by Crippen LogP contribution is 2.42. The van der Waals surface area contributed by atoms with E-state index in [-0.39, 0.29) is 18.6 Å². The van der Waals surface area contributed by atoms with E-state index in [0.717, 1.165) is 30.6 Å². The number of ether oxygens (including phenoxy) is 1. The summed E-state index contributed by atoms with van der Waals surface area (Å²) in [5, 5.41) is 10.4. The van der Waals surface area contributed by atoms with E-state index in [9.17, 15) is 31.3 Å². The number of rotatable bonds is 10. The van der Waals surface area contributed by atoms with Crippen LogP contribution in [-0.4, -0.2) is 73.7 Å². The molecule has 1 atom stereocenters. The minimum Gasteiger partial charge on any atom is -0.481 e. The zero-order valence-electron chi connectivity index (χ0n) is 23.6. The first kappa shape index (κ1) is 30.4. The number of carboxylic acids is 1. The molecule has 0 aromatic heterocycles. The number of carboxylic acid groups (broad SMARTS) is 1. The van der Waals surface area contributed by atoms with Crippen LogP contribution in [0.1, 0.15) is 63.0 Å². The first-order valence-corrected chi connectivity index (χ1v) is 17.2. The van der Waals surface area contributed by atoms with Crippen molar-refractivity contribution in [3.05, 3.63) is 46.1 Å². The first-order valence-electron chi connectivity index (χ1n) is 14.0. The number of nitrogens with zero attached hydrogens (tertiary/aromatic N) is 3. The lowest BCUT2D eigenvalue weighted by Gasteiger charge is -2.33. The van der Waals surface area contributed by atoms with Gasteiger partial charge in [-0.3, -0.25) is 13.9 Å². The third-order valence-corrected chi connectivity index (χ3v) is 9.79. The van der Waals surface area contributed by atoms with E-state index in [1.54, 1.807) is 0 Å². The fourth-order valence-corrected chi connectivity index (χ4v) is 7.73. The van der Waals surface area contributed by atoms with E-state index in [4.69, 9.17) is 14.3 Å². The Morgan fingerprint density at radius 1 is 1.10 bits per heavy atom. The van der Waals surface area contributed by atoms with Gasteiger partial charge in [0.05, 0.1) is 24.0 Å². The Morgan fingerprint density at radius 2 is 1.86 bits per heavy atom.